The fourth-order valence-electron chi connectivity index (χ4n) is 2.02. The Morgan fingerprint density at radius 3 is 2.57 bits per heavy atom. The molecule has 2 aromatic rings. The fraction of sp³-hybridized carbons (Fsp3) is 0.267. The van der Waals surface area contributed by atoms with Gasteiger partial charge < -0.3 is 5.32 Å². The Kier molecular flexibility index (Phi) is 5.46. The van der Waals surface area contributed by atoms with Gasteiger partial charge in [-0.3, -0.25) is 4.79 Å². The Morgan fingerprint density at radius 1 is 1.26 bits per heavy atom. The molecule has 124 valence electrons. The zero-order chi connectivity index (χ0) is 17.2. The van der Waals surface area contributed by atoms with Crippen molar-refractivity contribution in [3.8, 4) is 0 Å². The highest BCUT2D eigenvalue weighted by molar-refractivity contribution is 7.91. The molecule has 2 N–H and O–H groups in total. The van der Waals surface area contributed by atoms with E-state index in [0.29, 0.717) is 9.90 Å². The molecule has 1 heterocycles. The molecule has 1 aromatic carbocycles. The van der Waals surface area contributed by atoms with E-state index in [1.54, 1.807) is 0 Å². The molecule has 23 heavy (non-hydrogen) atoms. The van der Waals surface area contributed by atoms with Crippen LogP contribution in [0.15, 0.2) is 34.5 Å². The van der Waals surface area contributed by atoms with Gasteiger partial charge in [0, 0.05) is 5.02 Å². The molecule has 1 amide bonds. The van der Waals surface area contributed by atoms with Gasteiger partial charge in [0.2, 0.25) is 10.0 Å². The third kappa shape index (κ3) is 4.11. The zero-order valence-corrected chi connectivity index (χ0v) is 15.3. The molecule has 2 rings (SSSR count). The van der Waals surface area contributed by atoms with E-state index < -0.39 is 10.0 Å². The standard InChI is InChI=1S/C15H17ClN2O3S2/c1-9-4-5-11(12(16)8-9)10(2)18-15(19)13-6-7-14(22-13)23(20,21)17-3/h4-8,10,17H,1-3H3,(H,18,19)/t10-/m0/s1. The molecule has 0 spiro atoms. The summed E-state index contributed by atoms with van der Waals surface area (Å²) in [6.07, 6.45) is 0. The molecule has 1 atom stereocenters. The first-order valence-electron chi connectivity index (χ1n) is 6.85. The van der Waals surface area contributed by atoms with Crippen molar-refractivity contribution in [1.82, 2.24) is 10.0 Å². The summed E-state index contributed by atoms with van der Waals surface area (Å²) >= 11 is 7.12. The van der Waals surface area contributed by atoms with Gasteiger partial charge in [-0.05, 0) is 50.2 Å². The number of aryl methyl sites for hydroxylation is 1. The summed E-state index contributed by atoms with van der Waals surface area (Å²) in [6, 6.07) is 8.24. The third-order valence-electron chi connectivity index (χ3n) is 3.31. The smallest absolute Gasteiger partial charge is 0.261 e. The number of rotatable bonds is 5. The first-order chi connectivity index (χ1) is 10.7. The van der Waals surface area contributed by atoms with Gasteiger partial charge >= 0.3 is 0 Å². The predicted octanol–water partition coefficient (Wildman–Crippen LogP) is 3.11. The number of carbonyl (C=O) groups excluding carboxylic acids is 1. The molecule has 0 aliphatic heterocycles. The Labute approximate surface area is 144 Å². The topological polar surface area (TPSA) is 75.3 Å². The number of thiophene rings is 1. The number of hydrogen-bond acceptors (Lipinski definition) is 4. The number of carbonyl (C=O) groups is 1. The van der Waals surface area contributed by atoms with Gasteiger partial charge in [-0.15, -0.1) is 11.3 Å². The van der Waals surface area contributed by atoms with Gasteiger partial charge in [0.25, 0.3) is 5.91 Å². The van der Waals surface area contributed by atoms with Crippen LogP contribution in [0.2, 0.25) is 5.02 Å². The van der Waals surface area contributed by atoms with E-state index in [-0.39, 0.29) is 16.2 Å². The van der Waals surface area contributed by atoms with Crippen molar-refractivity contribution in [3.63, 3.8) is 0 Å². The highest BCUT2D eigenvalue weighted by Crippen LogP contribution is 2.26. The maximum absolute atomic E-state index is 12.3. The third-order valence-corrected chi connectivity index (χ3v) is 6.63. The number of hydrogen-bond donors (Lipinski definition) is 2. The highest BCUT2D eigenvalue weighted by atomic mass is 35.5. The van der Waals surface area contributed by atoms with E-state index in [1.807, 2.05) is 32.0 Å². The van der Waals surface area contributed by atoms with Crippen molar-refractivity contribution in [3.05, 3.63) is 51.4 Å². The molecule has 5 nitrogen and oxygen atoms in total. The molecule has 0 saturated heterocycles. The lowest BCUT2D eigenvalue weighted by Crippen LogP contribution is -2.26. The van der Waals surface area contributed by atoms with Gasteiger partial charge in [0.15, 0.2) is 0 Å². The fourth-order valence-corrected chi connectivity index (χ4v) is 4.46. The molecule has 0 unspecified atom stereocenters. The van der Waals surface area contributed by atoms with E-state index in [4.69, 9.17) is 11.6 Å². The predicted molar refractivity (Wildman–Crippen MR) is 92.6 cm³/mol. The second-order valence-electron chi connectivity index (χ2n) is 5.05. The van der Waals surface area contributed by atoms with E-state index in [1.165, 1.54) is 19.2 Å². The second kappa shape index (κ2) is 7.00. The monoisotopic (exact) mass is 372 g/mol. The van der Waals surface area contributed by atoms with E-state index in [2.05, 4.69) is 10.0 Å². The van der Waals surface area contributed by atoms with Crippen LogP contribution >= 0.6 is 22.9 Å². The van der Waals surface area contributed by atoms with Crippen molar-refractivity contribution >= 4 is 38.9 Å². The zero-order valence-electron chi connectivity index (χ0n) is 12.9. The van der Waals surface area contributed by atoms with Crippen LogP contribution in [0.1, 0.15) is 33.8 Å². The normalized spacial score (nSPS) is 12.9. The molecular weight excluding hydrogens is 356 g/mol. The minimum Gasteiger partial charge on any atom is -0.345 e. The molecule has 0 aliphatic carbocycles. The molecule has 0 aliphatic rings. The summed E-state index contributed by atoms with van der Waals surface area (Å²) in [5.41, 5.74) is 1.85. The van der Waals surface area contributed by atoms with Gasteiger partial charge in [-0.25, -0.2) is 13.1 Å². The SMILES string of the molecule is CNS(=O)(=O)c1ccc(C(=O)N[C@@H](C)c2ccc(C)cc2Cl)s1. The quantitative estimate of drug-likeness (QED) is 0.846. The maximum Gasteiger partial charge on any atom is 0.261 e. The summed E-state index contributed by atoms with van der Waals surface area (Å²) in [4.78, 5) is 12.6. The van der Waals surface area contributed by atoms with Gasteiger partial charge in [0.1, 0.15) is 4.21 Å². The van der Waals surface area contributed by atoms with Gasteiger partial charge in [-0.2, -0.15) is 0 Å². The summed E-state index contributed by atoms with van der Waals surface area (Å²) in [7, 11) is -2.21. The van der Waals surface area contributed by atoms with Crippen LogP contribution in [0.25, 0.3) is 0 Å². The van der Waals surface area contributed by atoms with Crippen molar-refractivity contribution in [2.45, 2.75) is 24.1 Å². The summed E-state index contributed by atoms with van der Waals surface area (Å²) in [5.74, 6) is -0.336. The average molecular weight is 373 g/mol. The van der Waals surface area contributed by atoms with Crippen LogP contribution in [0.3, 0.4) is 0 Å². The summed E-state index contributed by atoms with van der Waals surface area (Å²) in [5, 5.41) is 3.41. The number of benzene rings is 1. The van der Waals surface area contributed by atoms with Crippen molar-refractivity contribution in [2.24, 2.45) is 0 Å². The first-order valence-corrected chi connectivity index (χ1v) is 9.52. The molecular formula is C15H17ClN2O3S2. The van der Waals surface area contributed by atoms with Crippen LogP contribution < -0.4 is 10.0 Å². The second-order valence-corrected chi connectivity index (χ2v) is 8.65. The van der Waals surface area contributed by atoms with E-state index >= 15 is 0 Å². The van der Waals surface area contributed by atoms with Gasteiger partial charge in [0.05, 0.1) is 10.9 Å². The lowest BCUT2D eigenvalue weighted by molar-refractivity contribution is 0.0944. The summed E-state index contributed by atoms with van der Waals surface area (Å²) in [6.45, 7) is 3.77. The number of sulfonamides is 1. The Balaban J connectivity index is 2.16. The minimum absolute atomic E-state index is 0.103. The Morgan fingerprint density at radius 2 is 1.96 bits per heavy atom. The van der Waals surface area contributed by atoms with Crippen molar-refractivity contribution < 1.29 is 13.2 Å². The summed E-state index contributed by atoms with van der Waals surface area (Å²) < 4.78 is 25.7. The molecule has 1 aromatic heterocycles. The van der Waals surface area contributed by atoms with Crippen LogP contribution in [0, 0.1) is 6.92 Å². The largest absolute Gasteiger partial charge is 0.345 e. The average Bonchev–Trinajstić information content (AvgIpc) is 2.97. The molecule has 0 fully saturated rings. The Bertz CT molecular complexity index is 831. The lowest BCUT2D eigenvalue weighted by Gasteiger charge is -2.15. The number of nitrogens with one attached hydrogen (secondary N) is 2. The molecule has 0 bridgehead atoms. The van der Waals surface area contributed by atoms with E-state index in [0.717, 1.165) is 22.5 Å². The number of amides is 1. The van der Waals surface area contributed by atoms with Crippen LogP contribution in [-0.4, -0.2) is 21.4 Å². The first kappa shape index (κ1) is 17.9. The molecule has 0 saturated carbocycles. The molecule has 0 radical (unpaired) electrons. The van der Waals surface area contributed by atoms with Crippen LogP contribution in [0.4, 0.5) is 0 Å². The highest BCUT2D eigenvalue weighted by Gasteiger charge is 2.19. The molecule has 8 heteroatoms. The van der Waals surface area contributed by atoms with Crippen molar-refractivity contribution in [2.75, 3.05) is 7.05 Å². The minimum atomic E-state index is -3.54. The lowest BCUT2D eigenvalue weighted by atomic mass is 10.1. The maximum atomic E-state index is 12.3. The van der Waals surface area contributed by atoms with Crippen LogP contribution in [0.5, 0.6) is 0 Å². The number of halogens is 1. The van der Waals surface area contributed by atoms with Gasteiger partial charge in [-0.1, -0.05) is 23.7 Å². The van der Waals surface area contributed by atoms with E-state index in [9.17, 15) is 13.2 Å². The van der Waals surface area contributed by atoms with Crippen LogP contribution in [-0.2, 0) is 10.0 Å². The Hall–Kier alpha value is -1.41. The van der Waals surface area contributed by atoms with Crippen molar-refractivity contribution in [1.29, 1.82) is 0 Å².